The zero-order valence-electron chi connectivity index (χ0n) is 7.20. The summed E-state index contributed by atoms with van der Waals surface area (Å²) in [5.41, 5.74) is 1.50. The van der Waals surface area contributed by atoms with E-state index in [1.54, 1.807) is 26.0 Å². The first kappa shape index (κ1) is 8.87. The SMILES string of the molecule is Cc1c(O)cccc1NC(C)O. The number of aliphatic hydroxyl groups excluding tert-OH is 1. The van der Waals surface area contributed by atoms with Crippen molar-refractivity contribution >= 4 is 5.69 Å². The number of aliphatic hydroxyl groups is 1. The number of phenolic OH excluding ortho intramolecular Hbond substituents is 1. The van der Waals surface area contributed by atoms with Gasteiger partial charge in [-0.05, 0) is 26.0 Å². The van der Waals surface area contributed by atoms with Crippen molar-refractivity contribution < 1.29 is 10.2 Å². The van der Waals surface area contributed by atoms with Gasteiger partial charge in [-0.3, -0.25) is 0 Å². The summed E-state index contributed by atoms with van der Waals surface area (Å²) in [7, 11) is 0. The fourth-order valence-electron chi connectivity index (χ4n) is 1.00. The third-order valence-corrected chi connectivity index (χ3v) is 1.67. The smallest absolute Gasteiger partial charge is 0.121 e. The molecule has 3 heteroatoms. The van der Waals surface area contributed by atoms with Crippen molar-refractivity contribution in [1.29, 1.82) is 0 Å². The lowest BCUT2D eigenvalue weighted by Gasteiger charge is -2.12. The van der Waals surface area contributed by atoms with Gasteiger partial charge in [-0.25, -0.2) is 0 Å². The number of hydrogen-bond acceptors (Lipinski definition) is 3. The Hall–Kier alpha value is -1.22. The van der Waals surface area contributed by atoms with Crippen LogP contribution in [0.25, 0.3) is 0 Å². The summed E-state index contributed by atoms with van der Waals surface area (Å²) in [5, 5.41) is 21.1. The molecule has 0 saturated carbocycles. The molecule has 0 amide bonds. The topological polar surface area (TPSA) is 52.5 Å². The van der Waals surface area contributed by atoms with Gasteiger partial charge in [0.25, 0.3) is 0 Å². The molecule has 1 aromatic carbocycles. The van der Waals surface area contributed by atoms with E-state index in [4.69, 9.17) is 5.11 Å². The molecule has 12 heavy (non-hydrogen) atoms. The van der Waals surface area contributed by atoms with Gasteiger partial charge in [0.15, 0.2) is 0 Å². The predicted octanol–water partition coefficient (Wildman–Crippen LogP) is 1.45. The van der Waals surface area contributed by atoms with E-state index in [9.17, 15) is 5.11 Å². The summed E-state index contributed by atoms with van der Waals surface area (Å²) in [6.07, 6.45) is -0.606. The van der Waals surface area contributed by atoms with Crippen LogP contribution in [0.5, 0.6) is 5.75 Å². The molecule has 0 spiro atoms. The number of rotatable bonds is 2. The van der Waals surface area contributed by atoms with E-state index in [0.717, 1.165) is 11.3 Å². The third-order valence-electron chi connectivity index (χ3n) is 1.67. The van der Waals surface area contributed by atoms with Crippen LogP contribution < -0.4 is 5.32 Å². The van der Waals surface area contributed by atoms with Gasteiger partial charge in [0, 0.05) is 11.3 Å². The van der Waals surface area contributed by atoms with Crippen molar-refractivity contribution in [3.63, 3.8) is 0 Å². The lowest BCUT2D eigenvalue weighted by molar-refractivity contribution is 0.224. The predicted molar refractivity (Wildman–Crippen MR) is 48.1 cm³/mol. The Labute approximate surface area is 71.7 Å². The molecule has 66 valence electrons. The summed E-state index contributed by atoms with van der Waals surface area (Å²) < 4.78 is 0. The van der Waals surface area contributed by atoms with Crippen LogP contribution in [0.15, 0.2) is 18.2 Å². The van der Waals surface area contributed by atoms with Crippen LogP contribution in [0.3, 0.4) is 0 Å². The first-order chi connectivity index (χ1) is 5.61. The largest absolute Gasteiger partial charge is 0.508 e. The molecular weight excluding hydrogens is 154 g/mol. The monoisotopic (exact) mass is 167 g/mol. The average Bonchev–Trinajstić information content (AvgIpc) is 1.98. The Morgan fingerprint density at radius 2 is 2.08 bits per heavy atom. The molecule has 0 saturated heterocycles. The van der Waals surface area contributed by atoms with Crippen LogP contribution in [0.1, 0.15) is 12.5 Å². The molecule has 3 nitrogen and oxygen atoms in total. The Balaban J connectivity index is 2.92. The van der Waals surface area contributed by atoms with Gasteiger partial charge in [-0.15, -0.1) is 0 Å². The van der Waals surface area contributed by atoms with Crippen molar-refractivity contribution in [3.8, 4) is 5.75 Å². The van der Waals surface area contributed by atoms with Crippen LogP contribution in [0, 0.1) is 6.92 Å². The van der Waals surface area contributed by atoms with Crippen molar-refractivity contribution in [2.45, 2.75) is 20.1 Å². The summed E-state index contributed by atoms with van der Waals surface area (Å²) in [6, 6.07) is 5.15. The highest BCUT2D eigenvalue weighted by molar-refractivity contribution is 5.56. The quantitative estimate of drug-likeness (QED) is 0.584. The van der Waals surface area contributed by atoms with Crippen molar-refractivity contribution in [2.24, 2.45) is 0 Å². The fraction of sp³-hybridized carbons (Fsp3) is 0.333. The van der Waals surface area contributed by atoms with Gasteiger partial charge in [-0.2, -0.15) is 0 Å². The molecule has 3 N–H and O–H groups in total. The van der Waals surface area contributed by atoms with Gasteiger partial charge in [0.1, 0.15) is 12.0 Å². The maximum atomic E-state index is 9.29. The van der Waals surface area contributed by atoms with Gasteiger partial charge >= 0.3 is 0 Å². The molecular formula is C9H13NO2. The van der Waals surface area contributed by atoms with E-state index in [0.29, 0.717) is 0 Å². The molecule has 1 unspecified atom stereocenters. The zero-order chi connectivity index (χ0) is 9.14. The molecule has 1 aromatic rings. The minimum absolute atomic E-state index is 0.237. The highest BCUT2D eigenvalue weighted by Crippen LogP contribution is 2.23. The number of benzene rings is 1. The molecule has 0 heterocycles. The van der Waals surface area contributed by atoms with Crippen LogP contribution in [-0.2, 0) is 0 Å². The molecule has 0 aliphatic rings. The van der Waals surface area contributed by atoms with Gasteiger partial charge in [0.2, 0.25) is 0 Å². The number of aromatic hydroxyl groups is 1. The minimum Gasteiger partial charge on any atom is -0.508 e. The van der Waals surface area contributed by atoms with Crippen LogP contribution in [0.2, 0.25) is 0 Å². The van der Waals surface area contributed by atoms with Crippen molar-refractivity contribution in [2.75, 3.05) is 5.32 Å². The molecule has 1 atom stereocenters. The summed E-state index contributed by atoms with van der Waals surface area (Å²) in [5.74, 6) is 0.237. The minimum atomic E-state index is -0.606. The van der Waals surface area contributed by atoms with E-state index in [2.05, 4.69) is 5.32 Å². The Morgan fingerprint density at radius 1 is 1.42 bits per heavy atom. The lowest BCUT2D eigenvalue weighted by atomic mass is 10.2. The third kappa shape index (κ3) is 1.89. The standard InChI is InChI=1S/C9H13NO2/c1-6-8(10-7(2)11)4-3-5-9(6)12/h3-5,7,10-12H,1-2H3. The number of anilines is 1. The highest BCUT2D eigenvalue weighted by Gasteiger charge is 2.02. The first-order valence-electron chi connectivity index (χ1n) is 3.84. The second kappa shape index (κ2) is 3.45. The zero-order valence-corrected chi connectivity index (χ0v) is 7.20. The maximum Gasteiger partial charge on any atom is 0.121 e. The van der Waals surface area contributed by atoms with Crippen LogP contribution in [0.4, 0.5) is 5.69 Å². The molecule has 0 radical (unpaired) electrons. The normalized spacial score (nSPS) is 12.6. The van der Waals surface area contributed by atoms with E-state index in [-0.39, 0.29) is 5.75 Å². The Morgan fingerprint density at radius 3 is 2.67 bits per heavy atom. The highest BCUT2D eigenvalue weighted by atomic mass is 16.3. The maximum absolute atomic E-state index is 9.29. The van der Waals surface area contributed by atoms with Crippen molar-refractivity contribution in [3.05, 3.63) is 23.8 Å². The van der Waals surface area contributed by atoms with E-state index < -0.39 is 6.23 Å². The summed E-state index contributed by atoms with van der Waals surface area (Å²) in [4.78, 5) is 0. The van der Waals surface area contributed by atoms with Crippen molar-refractivity contribution in [1.82, 2.24) is 0 Å². The number of hydrogen-bond donors (Lipinski definition) is 3. The van der Waals surface area contributed by atoms with E-state index >= 15 is 0 Å². The second-order valence-electron chi connectivity index (χ2n) is 2.77. The van der Waals surface area contributed by atoms with Gasteiger partial charge in [-0.1, -0.05) is 6.07 Å². The number of phenols is 1. The van der Waals surface area contributed by atoms with Gasteiger partial charge < -0.3 is 15.5 Å². The molecule has 0 aliphatic heterocycles. The molecule has 1 rings (SSSR count). The molecule has 0 bridgehead atoms. The van der Waals surface area contributed by atoms with E-state index in [1.807, 2.05) is 6.07 Å². The van der Waals surface area contributed by atoms with Crippen LogP contribution >= 0.6 is 0 Å². The van der Waals surface area contributed by atoms with Gasteiger partial charge in [0.05, 0.1) is 0 Å². The van der Waals surface area contributed by atoms with Crippen LogP contribution in [-0.4, -0.2) is 16.4 Å². The summed E-state index contributed by atoms with van der Waals surface area (Å²) >= 11 is 0. The van der Waals surface area contributed by atoms with E-state index in [1.165, 1.54) is 0 Å². The summed E-state index contributed by atoms with van der Waals surface area (Å²) in [6.45, 7) is 3.42. The number of nitrogens with one attached hydrogen (secondary N) is 1. The molecule has 0 aromatic heterocycles. The Bertz CT molecular complexity index is 271. The second-order valence-corrected chi connectivity index (χ2v) is 2.77. The molecule has 0 aliphatic carbocycles. The average molecular weight is 167 g/mol. The fourth-order valence-corrected chi connectivity index (χ4v) is 1.00. The lowest BCUT2D eigenvalue weighted by Crippen LogP contribution is -2.13. The first-order valence-corrected chi connectivity index (χ1v) is 3.84. The Kier molecular flexibility index (Phi) is 2.55. The molecule has 0 fully saturated rings.